The van der Waals surface area contributed by atoms with Gasteiger partial charge in [-0.1, -0.05) is 6.92 Å². The van der Waals surface area contributed by atoms with E-state index in [-0.39, 0.29) is 12.5 Å². The van der Waals surface area contributed by atoms with E-state index in [0.717, 1.165) is 6.42 Å². The van der Waals surface area contributed by atoms with Crippen LogP contribution in [0.25, 0.3) is 0 Å². The van der Waals surface area contributed by atoms with Gasteiger partial charge in [-0.25, -0.2) is 8.42 Å². The Balaban J connectivity index is 2.54. The van der Waals surface area contributed by atoms with Gasteiger partial charge in [0, 0.05) is 13.2 Å². The van der Waals surface area contributed by atoms with E-state index < -0.39 is 10.0 Å². The fourth-order valence-electron chi connectivity index (χ4n) is 1.18. The van der Waals surface area contributed by atoms with Gasteiger partial charge in [-0.2, -0.15) is 4.31 Å². The van der Waals surface area contributed by atoms with E-state index in [1.807, 2.05) is 6.92 Å². The molecule has 1 aliphatic rings. The van der Waals surface area contributed by atoms with E-state index in [1.54, 1.807) is 0 Å². The summed E-state index contributed by atoms with van der Waals surface area (Å²) in [5.74, 6) is 0.232. The molecule has 12 heavy (non-hydrogen) atoms. The first kappa shape index (κ1) is 9.95. The quantitative estimate of drug-likeness (QED) is 0.652. The predicted molar refractivity (Wildman–Crippen MR) is 46.2 cm³/mol. The van der Waals surface area contributed by atoms with Gasteiger partial charge in [-0.15, -0.1) is 0 Å². The molecule has 1 saturated heterocycles. The monoisotopic (exact) mass is 193 g/mol. The van der Waals surface area contributed by atoms with Gasteiger partial charge in [0.2, 0.25) is 10.0 Å². The molecule has 1 fully saturated rings. The summed E-state index contributed by atoms with van der Waals surface area (Å²) in [5, 5.41) is 0. The number of rotatable bonds is 3. The zero-order chi connectivity index (χ0) is 9.03. The summed E-state index contributed by atoms with van der Waals surface area (Å²) >= 11 is 0. The molecule has 1 aliphatic heterocycles. The van der Waals surface area contributed by atoms with Crippen molar-refractivity contribution in [3.8, 4) is 0 Å². The standard InChI is InChI=1S/C7H15NO3S/c1-2-6-12(9,10)8-4-3-5-11-7-8/h2-7H2,1H3. The molecule has 0 amide bonds. The van der Waals surface area contributed by atoms with Crippen molar-refractivity contribution in [1.29, 1.82) is 0 Å². The minimum absolute atomic E-state index is 0.232. The molecule has 0 radical (unpaired) electrons. The Hall–Kier alpha value is -0.130. The fourth-order valence-corrected chi connectivity index (χ4v) is 2.60. The smallest absolute Gasteiger partial charge is 0.216 e. The van der Waals surface area contributed by atoms with Crippen LogP contribution < -0.4 is 0 Å². The lowest BCUT2D eigenvalue weighted by Crippen LogP contribution is -2.39. The summed E-state index contributed by atoms with van der Waals surface area (Å²) in [7, 11) is -3.03. The summed E-state index contributed by atoms with van der Waals surface area (Å²) in [5.41, 5.74) is 0. The fraction of sp³-hybridized carbons (Fsp3) is 1.00. The van der Waals surface area contributed by atoms with Crippen molar-refractivity contribution in [3.05, 3.63) is 0 Å². The lowest BCUT2D eigenvalue weighted by molar-refractivity contribution is 0.0313. The third kappa shape index (κ3) is 2.43. The minimum atomic E-state index is -3.03. The topological polar surface area (TPSA) is 46.6 Å². The van der Waals surface area contributed by atoms with E-state index in [9.17, 15) is 8.42 Å². The first-order chi connectivity index (χ1) is 5.67. The number of nitrogens with zero attached hydrogens (tertiary/aromatic N) is 1. The maximum atomic E-state index is 11.4. The average Bonchev–Trinajstić information content (AvgIpc) is 2.06. The summed E-state index contributed by atoms with van der Waals surface area (Å²) in [6.45, 7) is 3.39. The molecule has 72 valence electrons. The van der Waals surface area contributed by atoms with Crippen LogP contribution in [-0.2, 0) is 14.8 Å². The van der Waals surface area contributed by atoms with Gasteiger partial charge in [0.05, 0.1) is 5.75 Å². The van der Waals surface area contributed by atoms with E-state index in [2.05, 4.69) is 0 Å². The normalized spacial score (nSPS) is 21.1. The highest BCUT2D eigenvalue weighted by atomic mass is 32.2. The highest BCUT2D eigenvalue weighted by Gasteiger charge is 2.22. The molecule has 0 aromatic carbocycles. The van der Waals surface area contributed by atoms with Crippen LogP contribution in [0.2, 0.25) is 0 Å². The second kappa shape index (κ2) is 4.20. The van der Waals surface area contributed by atoms with Crippen molar-refractivity contribution in [2.45, 2.75) is 19.8 Å². The van der Waals surface area contributed by atoms with E-state index in [0.29, 0.717) is 19.6 Å². The molecule has 0 N–H and O–H groups in total. The van der Waals surface area contributed by atoms with E-state index in [1.165, 1.54) is 4.31 Å². The second-order valence-corrected chi connectivity index (χ2v) is 4.97. The molecule has 0 atom stereocenters. The Kier molecular flexibility index (Phi) is 3.49. The molecular formula is C7H15NO3S. The zero-order valence-electron chi connectivity index (χ0n) is 7.32. The number of ether oxygens (including phenoxy) is 1. The van der Waals surface area contributed by atoms with Gasteiger partial charge in [0.1, 0.15) is 6.73 Å². The molecule has 0 aromatic rings. The third-order valence-electron chi connectivity index (χ3n) is 1.79. The molecule has 1 heterocycles. The van der Waals surface area contributed by atoms with Crippen LogP contribution in [0.3, 0.4) is 0 Å². The van der Waals surface area contributed by atoms with Crippen LogP contribution in [0.15, 0.2) is 0 Å². The van der Waals surface area contributed by atoms with E-state index >= 15 is 0 Å². The molecule has 0 bridgehead atoms. The molecule has 4 nitrogen and oxygen atoms in total. The largest absolute Gasteiger partial charge is 0.365 e. The molecular weight excluding hydrogens is 178 g/mol. The Morgan fingerprint density at radius 2 is 2.25 bits per heavy atom. The van der Waals surface area contributed by atoms with Crippen LogP contribution in [0.5, 0.6) is 0 Å². The van der Waals surface area contributed by atoms with Crippen molar-refractivity contribution >= 4 is 10.0 Å². The maximum Gasteiger partial charge on any atom is 0.216 e. The van der Waals surface area contributed by atoms with Crippen LogP contribution in [0, 0.1) is 0 Å². The highest BCUT2D eigenvalue weighted by molar-refractivity contribution is 7.89. The third-order valence-corrected chi connectivity index (χ3v) is 3.79. The Morgan fingerprint density at radius 1 is 1.50 bits per heavy atom. The number of sulfonamides is 1. The zero-order valence-corrected chi connectivity index (χ0v) is 8.14. The second-order valence-electron chi connectivity index (χ2n) is 2.88. The van der Waals surface area contributed by atoms with Crippen LogP contribution in [0.1, 0.15) is 19.8 Å². The molecule has 0 aliphatic carbocycles. The molecule has 0 unspecified atom stereocenters. The SMILES string of the molecule is CCCS(=O)(=O)N1CCCOC1. The maximum absolute atomic E-state index is 11.4. The Morgan fingerprint density at radius 3 is 2.75 bits per heavy atom. The van der Waals surface area contributed by atoms with Crippen LogP contribution in [0.4, 0.5) is 0 Å². The van der Waals surface area contributed by atoms with Gasteiger partial charge in [0.25, 0.3) is 0 Å². The highest BCUT2D eigenvalue weighted by Crippen LogP contribution is 2.08. The molecule has 0 spiro atoms. The van der Waals surface area contributed by atoms with Gasteiger partial charge in [0.15, 0.2) is 0 Å². The van der Waals surface area contributed by atoms with Gasteiger partial charge >= 0.3 is 0 Å². The van der Waals surface area contributed by atoms with Crippen molar-refractivity contribution < 1.29 is 13.2 Å². The van der Waals surface area contributed by atoms with Crippen molar-refractivity contribution in [2.75, 3.05) is 25.6 Å². The van der Waals surface area contributed by atoms with Crippen LogP contribution >= 0.6 is 0 Å². The number of hydrogen-bond donors (Lipinski definition) is 0. The van der Waals surface area contributed by atoms with Crippen molar-refractivity contribution in [3.63, 3.8) is 0 Å². The summed E-state index contributed by atoms with van der Waals surface area (Å²) in [6, 6.07) is 0. The Labute approximate surface area is 73.6 Å². The van der Waals surface area contributed by atoms with Gasteiger partial charge in [-0.3, -0.25) is 0 Å². The van der Waals surface area contributed by atoms with Gasteiger partial charge < -0.3 is 4.74 Å². The Bertz CT molecular complexity index is 219. The lowest BCUT2D eigenvalue weighted by atomic mass is 10.4. The summed E-state index contributed by atoms with van der Waals surface area (Å²) < 4.78 is 29.3. The minimum Gasteiger partial charge on any atom is -0.365 e. The molecule has 0 aromatic heterocycles. The lowest BCUT2D eigenvalue weighted by Gasteiger charge is -2.25. The van der Waals surface area contributed by atoms with Crippen LogP contribution in [-0.4, -0.2) is 38.4 Å². The molecule has 0 saturated carbocycles. The van der Waals surface area contributed by atoms with Gasteiger partial charge in [-0.05, 0) is 12.8 Å². The van der Waals surface area contributed by atoms with Crippen molar-refractivity contribution in [2.24, 2.45) is 0 Å². The first-order valence-corrected chi connectivity index (χ1v) is 5.83. The van der Waals surface area contributed by atoms with E-state index in [4.69, 9.17) is 4.74 Å². The molecule has 5 heteroatoms. The average molecular weight is 193 g/mol. The first-order valence-electron chi connectivity index (χ1n) is 4.22. The van der Waals surface area contributed by atoms with Crippen molar-refractivity contribution in [1.82, 2.24) is 4.31 Å². The predicted octanol–water partition coefficient (Wildman–Crippen LogP) is 0.406. The summed E-state index contributed by atoms with van der Waals surface area (Å²) in [6.07, 6.45) is 1.47. The number of hydrogen-bond acceptors (Lipinski definition) is 3. The summed E-state index contributed by atoms with van der Waals surface area (Å²) in [4.78, 5) is 0. The molecule has 1 rings (SSSR count).